The minimum absolute atomic E-state index is 0.0476. The molecule has 0 aliphatic carbocycles. The summed E-state index contributed by atoms with van der Waals surface area (Å²) >= 11 is 0. The predicted octanol–water partition coefficient (Wildman–Crippen LogP) is 1.12. The average molecular weight is 298 g/mol. The quantitative estimate of drug-likeness (QED) is 0.375. The van der Waals surface area contributed by atoms with E-state index >= 15 is 0 Å². The number of hydrogen-bond acceptors (Lipinski definition) is 6. The Kier molecular flexibility index (Phi) is 9.39. The van der Waals surface area contributed by atoms with E-state index in [9.17, 15) is 4.79 Å². The summed E-state index contributed by atoms with van der Waals surface area (Å²) in [6.07, 6.45) is -1.06. The fourth-order valence-corrected chi connectivity index (χ4v) is 1.51. The van der Waals surface area contributed by atoms with Crippen molar-refractivity contribution in [3.63, 3.8) is 0 Å². The lowest BCUT2D eigenvalue weighted by atomic mass is 10.2. The van der Waals surface area contributed by atoms with Gasteiger partial charge >= 0.3 is 5.97 Å². The van der Waals surface area contributed by atoms with E-state index in [0.29, 0.717) is 6.61 Å². The third kappa shape index (κ3) is 7.77. The van der Waals surface area contributed by atoms with E-state index in [1.165, 1.54) is 0 Å². The van der Waals surface area contributed by atoms with E-state index in [1.807, 2.05) is 30.3 Å². The first-order valence-electron chi connectivity index (χ1n) is 6.90. The third-order valence-electron chi connectivity index (χ3n) is 2.47. The first kappa shape index (κ1) is 17.6. The molecular weight excluding hydrogens is 276 g/mol. The molecule has 6 nitrogen and oxygen atoms in total. The van der Waals surface area contributed by atoms with E-state index in [1.54, 1.807) is 6.92 Å². The number of hydrogen-bond donors (Lipinski definition) is 1. The molecule has 0 amide bonds. The Hall–Kier alpha value is -1.47. The molecule has 1 unspecified atom stereocenters. The Labute approximate surface area is 124 Å². The van der Waals surface area contributed by atoms with Crippen LogP contribution in [0.15, 0.2) is 30.3 Å². The lowest BCUT2D eigenvalue weighted by Gasteiger charge is -2.16. The Morgan fingerprint density at radius 2 is 1.90 bits per heavy atom. The van der Waals surface area contributed by atoms with Gasteiger partial charge in [0.05, 0.1) is 26.4 Å². The van der Waals surface area contributed by atoms with Crippen LogP contribution >= 0.6 is 0 Å². The van der Waals surface area contributed by atoms with Crippen molar-refractivity contribution in [2.24, 2.45) is 0 Å². The summed E-state index contributed by atoms with van der Waals surface area (Å²) in [5, 5.41) is 8.56. The van der Waals surface area contributed by atoms with Crippen LogP contribution in [0.4, 0.5) is 0 Å². The van der Waals surface area contributed by atoms with Gasteiger partial charge in [0, 0.05) is 6.61 Å². The van der Waals surface area contributed by atoms with Gasteiger partial charge < -0.3 is 24.1 Å². The van der Waals surface area contributed by atoms with Crippen molar-refractivity contribution < 1.29 is 28.8 Å². The molecule has 0 radical (unpaired) electrons. The number of aliphatic hydroxyl groups excluding tert-OH is 1. The molecule has 0 aromatic heterocycles. The molecule has 0 spiro atoms. The summed E-state index contributed by atoms with van der Waals surface area (Å²) in [7, 11) is 0. The van der Waals surface area contributed by atoms with Crippen LogP contribution in [0, 0.1) is 0 Å². The van der Waals surface area contributed by atoms with Crippen molar-refractivity contribution in [1.29, 1.82) is 0 Å². The zero-order valence-corrected chi connectivity index (χ0v) is 12.2. The number of rotatable bonds is 11. The molecule has 1 N–H and O–H groups in total. The van der Waals surface area contributed by atoms with Crippen LogP contribution in [0.1, 0.15) is 12.5 Å². The number of carbonyl (C=O) groups excluding carboxylic acids is 1. The van der Waals surface area contributed by atoms with E-state index in [0.717, 1.165) is 5.56 Å². The summed E-state index contributed by atoms with van der Waals surface area (Å²) in [6, 6.07) is 9.37. The summed E-state index contributed by atoms with van der Waals surface area (Å²) in [6.45, 7) is 2.93. The van der Waals surface area contributed by atoms with Crippen molar-refractivity contribution in [3.05, 3.63) is 35.9 Å². The molecular formula is C15H22O6. The molecule has 1 aromatic rings. The van der Waals surface area contributed by atoms with Gasteiger partial charge in [-0.25, -0.2) is 4.79 Å². The van der Waals surface area contributed by atoms with Gasteiger partial charge in [0.2, 0.25) is 0 Å². The zero-order valence-electron chi connectivity index (χ0n) is 12.2. The van der Waals surface area contributed by atoms with Crippen LogP contribution in [0.2, 0.25) is 0 Å². The average Bonchev–Trinajstić information content (AvgIpc) is 2.52. The Balaban J connectivity index is 2.31. The van der Waals surface area contributed by atoms with Gasteiger partial charge in [-0.3, -0.25) is 0 Å². The van der Waals surface area contributed by atoms with E-state index in [2.05, 4.69) is 0 Å². The van der Waals surface area contributed by atoms with E-state index in [4.69, 9.17) is 24.1 Å². The molecule has 1 rings (SSSR count). The maximum Gasteiger partial charge on any atom is 0.363 e. The van der Waals surface area contributed by atoms with Crippen LogP contribution in [0.3, 0.4) is 0 Å². The summed E-state index contributed by atoms with van der Waals surface area (Å²) < 4.78 is 20.7. The Morgan fingerprint density at radius 1 is 1.14 bits per heavy atom. The monoisotopic (exact) mass is 298 g/mol. The first-order chi connectivity index (χ1) is 10.3. The normalized spacial score (nSPS) is 12.1. The molecule has 0 bridgehead atoms. The van der Waals surface area contributed by atoms with Crippen molar-refractivity contribution >= 4 is 5.97 Å². The lowest BCUT2D eigenvalue weighted by Crippen LogP contribution is -2.30. The highest BCUT2D eigenvalue weighted by Crippen LogP contribution is 2.04. The standard InChI is InChI=1S/C15H22O6/c1-2-19-15(20-11-10-18-9-8-16)14(17)21-12-13-6-4-3-5-7-13/h3-7,15-16H,2,8-12H2,1H3. The Morgan fingerprint density at radius 3 is 2.57 bits per heavy atom. The molecule has 6 heteroatoms. The van der Waals surface area contributed by atoms with Gasteiger partial charge in [0.1, 0.15) is 6.61 Å². The van der Waals surface area contributed by atoms with E-state index in [-0.39, 0.29) is 33.0 Å². The van der Waals surface area contributed by atoms with Crippen LogP contribution in [-0.2, 0) is 30.3 Å². The van der Waals surface area contributed by atoms with Gasteiger partial charge in [0.15, 0.2) is 0 Å². The van der Waals surface area contributed by atoms with Crippen LogP contribution < -0.4 is 0 Å². The molecule has 0 saturated carbocycles. The Bertz CT molecular complexity index is 381. The van der Waals surface area contributed by atoms with Crippen molar-refractivity contribution in [2.45, 2.75) is 19.8 Å². The molecule has 0 heterocycles. The third-order valence-corrected chi connectivity index (χ3v) is 2.47. The predicted molar refractivity (Wildman–Crippen MR) is 75.5 cm³/mol. The van der Waals surface area contributed by atoms with Crippen LogP contribution in [0.25, 0.3) is 0 Å². The molecule has 0 saturated heterocycles. The minimum atomic E-state index is -1.06. The number of carbonyl (C=O) groups is 1. The van der Waals surface area contributed by atoms with Gasteiger partial charge in [-0.2, -0.15) is 0 Å². The molecule has 1 aromatic carbocycles. The summed E-state index contributed by atoms with van der Waals surface area (Å²) in [4.78, 5) is 11.9. The van der Waals surface area contributed by atoms with Crippen molar-refractivity contribution in [1.82, 2.24) is 0 Å². The second-order valence-corrected chi connectivity index (χ2v) is 4.09. The largest absolute Gasteiger partial charge is 0.457 e. The summed E-state index contributed by atoms with van der Waals surface area (Å²) in [5.74, 6) is -0.567. The second-order valence-electron chi connectivity index (χ2n) is 4.09. The fourth-order valence-electron chi connectivity index (χ4n) is 1.51. The van der Waals surface area contributed by atoms with Crippen LogP contribution in [-0.4, -0.2) is 50.4 Å². The van der Waals surface area contributed by atoms with Gasteiger partial charge in [0.25, 0.3) is 6.29 Å². The molecule has 21 heavy (non-hydrogen) atoms. The maximum absolute atomic E-state index is 11.9. The van der Waals surface area contributed by atoms with Gasteiger partial charge in [-0.1, -0.05) is 30.3 Å². The lowest BCUT2D eigenvalue weighted by molar-refractivity contribution is -0.198. The van der Waals surface area contributed by atoms with Crippen molar-refractivity contribution in [3.8, 4) is 0 Å². The highest BCUT2D eigenvalue weighted by molar-refractivity contribution is 5.73. The maximum atomic E-state index is 11.9. The van der Waals surface area contributed by atoms with Gasteiger partial charge in [-0.15, -0.1) is 0 Å². The highest BCUT2D eigenvalue weighted by Gasteiger charge is 2.21. The molecule has 1 atom stereocenters. The smallest absolute Gasteiger partial charge is 0.363 e. The number of esters is 1. The topological polar surface area (TPSA) is 74.2 Å². The molecule has 0 aliphatic rings. The molecule has 0 fully saturated rings. The first-order valence-corrected chi connectivity index (χ1v) is 6.90. The summed E-state index contributed by atoms with van der Waals surface area (Å²) in [5.41, 5.74) is 0.896. The molecule has 118 valence electrons. The highest BCUT2D eigenvalue weighted by atomic mass is 16.7. The SMILES string of the molecule is CCOC(OCCOCCO)C(=O)OCc1ccccc1. The zero-order chi connectivity index (χ0) is 15.3. The van der Waals surface area contributed by atoms with E-state index < -0.39 is 12.3 Å². The minimum Gasteiger partial charge on any atom is -0.457 e. The van der Waals surface area contributed by atoms with Gasteiger partial charge in [-0.05, 0) is 12.5 Å². The van der Waals surface area contributed by atoms with Crippen LogP contribution in [0.5, 0.6) is 0 Å². The second kappa shape index (κ2) is 11.2. The number of benzene rings is 1. The number of aliphatic hydroxyl groups is 1. The molecule has 0 aliphatic heterocycles. The fraction of sp³-hybridized carbons (Fsp3) is 0.533. The van der Waals surface area contributed by atoms with Crippen molar-refractivity contribution in [2.75, 3.05) is 33.0 Å². The number of ether oxygens (including phenoxy) is 4.